The Bertz CT molecular complexity index is 1850. The molecule has 0 aliphatic carbocycles. The van der Waals surface area contributed by atoms with Gasteiger partial charge >= 0.3 is 5.91 Å². The first kappa shape index (κ1) is 26.3. The van der Waals surface area contributed by atoms with Crippen molar-refractivity contribution in [3.05, 3.63) is 119 Å². The average molecular weight is 566 g/mol. The number of para-hydroxylation sites is 3. The fraction of sp³-hybridized carbons (Fsp3) is 0.125. The standard InChI is InChI=1S/C32H27N3O5S/c1-21-12-14-25(15-13-21)41(37,38)34-28-10-6-5-9-27(28)33-20-24-19-22(2)18-23-16-17-32(40-30(23)24)35(3)31(36)26-8-4-7-11-29(26)39-32/h4-20,34H,1-3H3/t32-/m0/s1. The van der Waals surface area contributed by atoms with E-state index in [0.717, 1.165) is 16.7 Å². The Morgan fingerprint density at radius 3 is 2.44 bits per heavy atom. The third-order valence-electron chi connectivity index (χ3n) is 6.98. The minimum Gasteiger partial charge on any atom is -0.431 e. The van der Waals surface area contributed by atoms with Gasteiger partial charge in [-0.05, 0) is 74.0 Å². The van der Waals surface area contributed by atoms with Crippen LogP contribution in [-0.2, 0) is 10.0 Å². The normalized spacial score (nSPS) is 17.6. The second kappa shape index (κ2) is 9.94. The van der Waals surface area contributed by atoms with Crippen molar-refractivity contribution in [1.29, 1.82) is 0 Å². The number of likely N-dealkylation sites (N-methyl/N-ethyl adjacent to an activating group) is 1. The molecule has 2 aliphatic heterocycles. The van der Waals surface area contributed by atoms with Gasteiger partial charge in [0.05, 0.1) is 21.8 Å². The number of aliphatic imine (C=N–C) groups is 1. The van der Waals surface area contributed by atoms with Crippen LogP contribution in [0.2, 0.25) is 0 Å². The number of rotatable bonds is 5. The van der Waals surface area contributed by atoms with Gasteiger partial charge in [-0.25, -0.2) is 8.42 Å². The molecule has 0 aromatic heterocycles. The number of fused-ring (bicyclic) bond motifs is 2. The maximum Gasteiger partial charge on any atom is 0.362 e. The molecule has 2 aliphatic rings. The highest BCUT2D eigenvalue weighted by atomic mass is 32.2. The van der Waals surface area contributed by atoms with Crippen molar-refractivity contribution in [1.82, 2.24) is 4.90 Å². The predicted molar refractivity (Wildman–Crippen MR) is 158 cm³/mol. The molecular formula is C32H27N3O5S. The number of amides is 1. The van der Waals surface area contributed by atoms with Crippen molar-refractivity contribution >= 4 is 39.6 Å². The molecule has 1 spiro atoms. The molecule has 0 fully saturated rings. The van der Waals surface area contributed by atoms with E-state index in [1.54, 1.807) is 92.1 Å². The van der Waals surface area contributed by atoms with Gasteiger partial charge in [-0.15, -0.1) is 0 Å². The number of carbonyl (C=O) groups is 1. The lowest BCUT2D eigenvalue weighted by molar-refractivity contribution is -0.166. The Labute approximate surface area is 238 Å². The van der Waals surface area contributed by atoms with Gasteiger partial charge in [0.25, 0.3) is 15.9 Å². The molecule has 4 aromatic carbocycles. The van der Waals surface area contributed by atoms with Gasteiger partial charge in [0.2, 0.25) is 0 Å². The molecule has 1 atom stereocenters. The van der Waals surface area contributed by atoms with Gasteiger partial charge in [0.15, 0.2) is 0 Å². The number of hydrogen-bond acceptors (Lipinski definition) is 6. The summed E-state index contributed by atoms with van der Waals surface area (Å²) in [6, 6.07) is 24.5. The van der Waals surface area contributed by atoms with Crippen LogP contribution in [0.4, 0.5) is 11.4 Å². The Hall–Kier alpha value is -4.89. The van der Waals surface area contributed by atoms with E-state index in [0.29, 0.717) is 34.0 Å². The second-order valence-electron chi connectivity index (χ2n) is 9.99. The van der Waals surface area contributed by atoms with Gasteiger partial charge in [0, 0.05) is 30.5 Å². The minimum atomic E-state index is -3.82. The van der Waals surface area contributed by atoms with Gasteiger partial charge in [-0.2, -0.15) is 0 Å². The quantitative estimate of drug-likeness (QED) is 0.296. The van der Waals surface area contributed by atoms with Crippen molar-refractivity contribution in [3.63, 3.8) is 0 Å². The second-order valence-corrected chi connectivity index (χ2v) is 11.7. The highest BCUT2D eigenvalue weighted by molar-refractivity contribution is 7.92. The van der Waals surface area contributed by atoms with E-state index in [9.17, 15) is 13.2 Å². The van der Waals surface area contributed by atoms with Crippen molar-refractivity contribution < 1.29 is 22.7 Å². The van der Waals surface area contributed by atoms with Crippen LogP contribution in [0.5, 0.6) is 11.5 Å². The van der Waals surface area contributed by atoms with E-state index in [4.69, 9.17) is 9.47 Å². The summed E-state index contributed by atoms with van der Waals surface area (Å²) >= 11 is 0. The van der Waals surface area contributed by atoms with E-state index in [1.807, 2.05) is 32.1 Å². The zero-order valence-corrected chi connectivity index (χ0v) is 23.5. The van der Waals surface area contributed by atoms with Crippen LogP contribution >= 0.6 is 0 Å². The Kier molecular flexibility index (Phi) is 6.38. The first-order valence-electron chi connectivity index (χ1n) is 13.0. The van der Waals surface area contributed by atoms with Gasteiger partial charge in [0.1, 0.15) is 11.5 Å². The summed E-state index contributed by atoms with van der Waals surface area (Å²) in [5.41, 5.74) is 4.60. The average Bonchev–Trinajstić information content (AvgIpc) is 2.96. The van der Waals surface area contributed by atoms with Crippen molar-refractivity contribution in [2.75, 3.05) is 11.8 Å². The van der Waals surface area contributed by atoms with Gasteiger partial charge in [-0.1, -0.05) is 42.0 Å². The number of benzene rings is 4. The Morgan fingerprint density at radius 1 is 0.902 bits per heavy atom. The summed E-state index contributed by atoms with van der Waals surface area (Å²) in [7, 11) is -2.19. The molecule has 2 heterocycles. The smallest absolute Gasteiger partial charge is 0.362 e. The lowest BCUT2D eigenvalue weighted by atomic mass is 10.0. The van der Waals surface area contributed by atoms with Crippen LogP contribution in [0.3, 0.4) is 0 Å². The van der Waals surface area contributed by atoms with Crippen LogP contribution in [0.1, 0.15) is 32.6 Å². The molecule has 8 nitrogen and oxygen atoms in total. The molecule has 0 bridgehead atoms. The largest absolute Gasteiger partial charge is 0.431 e. The molecule has 0 saturated heterocycles. The van der Waals surface area contributed by atoms with E-state index < -0.39 is 15.9 Å². The summed E-state index contributed by atoms with van der Waals surface area (Å²) in [6.07, 6.45) is 5.21. The molecule has 0 radical (unpaired) electrons. The van der Waals surface area contributed by atoms with E-state index in [2.05, 4.69) is 9.71 Å². The summed E-state index contributed by atoms with van der Waals surface area (Å²) in [4.78, 5) is 19.4. The molecule has 1 amide bonds. The van der Waals surface area contributed by atoms with Crippen LogP contribution in [0.15, 0.2) is 101 Å². The molecular weight excluding hydrogens is 538 g/mol. The fourth-order valence-corrected chi connectivity index (χ4v) is 5.87. The number of aryl methyl sites for hydroxylation is 2. The number of anilines is 1. The lowest BCUT2D eigenvalue weighted by Gasteiger charge is -2.44. The number of carbonyl (C=O) groups excluding carboxylic acids is 1. The third-order valence-corrected chi connectivity index (χ3v) is 8.36. The third kappa shape index (κ3) is 4.85. The van der Waals surface area contributed by atoms with E-state index >= 15 is 0 Å². The number of hydrogen-bond donors (Lipinski definition) is 1. The molecule has 0 saturated carbocycles. The SMILES string of the molecule is Cc1ccc(S(=O)(=O)Nc2ccccc2N=Cc2cc(C)cc3c2O[C@]2(C=C3)Oc3ccccc3C(=O)N2C)cc1. The zero-order chi connectivity index (χ0) is 28.8. The Balaban J connectivity index is 1.34. The van der Waals surface area contributed by atoms with E-state index in [1.165, 1.54) is 4.90 Å². The number of nitrogens with zero attached hydrogens (tertiary/aromatic N) is 2. The molecule has 41 heavy (non-hydrogen) atoms. The highest BCUT2D eigenvalue weighted by Crippen LogP contribution is 2.41. The highest BCUT2D eigenvalue weighted by Gasteiger charge is 2.47. The zero-order valence-electron chi connectivity index (χ0n) is 22.7. The molecule has 9 heteroatoms. The van der Waals surface area contributed by atoms with E-state index in [-0.39, 0.29) is 10.8 Å². The summed E-state index contributed by atoms with van der Waals surface area (Å²) in [5.74, 6) is -0.783. The lowest BCUT2D eigenvalue weighted by Crippen LogP contribution is -2.60. The maximum absolute atomic E-state index is 13.2. The van der Waals surface area contributed by atoms with Crippen LogP contribution in [-0.4, -0.2) is 38.4 Å². The maximum atomic E-state index is 13.2. The summed E-state index contributed by atoms with van der Waals surface area (Å²) < 4.78 is 41.5. The number of ether oxygens (including phenoxy) is 2. The van der Waals surface area contributed by atoms with Crippen LogP contribution in [0, 0.1) is 13.8 Å². The fourth-order valence-electron chi connectivity index (χ4n) is 4.79. The summed E-state index contributed by atoms with van der Waals surface area (Å²) in [6.45, 7) is 3.86. The van der Waals surface area contributed by atoms with Crippen molar-refractivity contribution in [2.24, 2.45) is 4.99 Å². The summed E-state index contributed by atoms with van der Waals surface area (Å²) in [5, 5.41) is 0. The molecule has 4 aromatic rings. The van der Waals surface area contributed by atoms with Crippen LogP contribution in [0.25, 0.3) is 6.08 Å². The van der Waals surface area contributed by atoms with Gasteiger partial charge < -0.3 is 9.47 Å². The number of nitrogens with one attached hydrogen (secondary N) is 1. The monoisotopic (exact) mass is 565 g/mol. The molecule has 1 N–H and O–H groups in total. The minimum absolute atomic E-state index is 0.160. The molecule has 0 unspecified atom stereocenters. The molecule has 206 valence electrons. The van der Waals surface area contributed by atoms with Gasteiger partial charge in [-0.3, -0.25) is 19.4 Å². The van der Waals surface area contributed by atoms with Crippen molar-refractivity contribution in [3.8, 4) is 11.5 Å². The molecule has 6 rings (SSSR count). The Morgan fingerprint density at radius 2 is 1.63 bits per heavy atom. The topological polar surface area (TPSA) is 97.3 Å². The first-order chi connectivity index (χ1) is 19.6. The first-order valence-corrected chi connectivity index (χ1v) is 14.5. The number of sulfonamides is 1. The predicted octanol–water partition coefficient (Wildman–Crippen LogP) is 6.08. The van der Waals surface area contributed by atoms with Crippen molar-refractivity contribution in [2.45, 2.75) is 24.7 Å². The van der Waals surface area contributed by atoms with Crippen LogP contribution < -0.4 is 14.2 Å².